The first kappa shape index (κ1) is 12.2. The van der Waals surface area contributed by atoms with Gasteiger partial charge in [-0.1, -0.05) is 11.2 Å². The molecule has 2 aromatic heterocycles. The van der Waals surface area contributed by atoms with Crippen molar-refractivity contribution in [1.29, 1.82) is 0 Å². The zero-order chi connectivity index (χ0) is 13.0. The van der Waals surface area contributed by atoms with Crippen LogP contribution in [0.5, 0.6) is 5.88 Å². The lowest BCUT2D eigenvalue weighted by Gasteiger charge is -2.00. The summed E-state index contributed by atoms with van der Waals surface area (Å²) < 4.78 is 9.97. The maximum Gasteiger partial charge on any atom is 0.244 e. The van der Waals surface area contributed by atoms with Gasteiger partial charge in [0.1, 0.15) is 5.69 Å². The van der Waals surface area contributed by atoms with E-state index in [1.165, 1.54) is 7.11 Å². The molecule has 2 aromatic rings. The van der Waals surface area contributed by atoms with Crippen LogP contribution in [0.3, 0.4) is 0 Å². The minimum absolute atomic E-state index is 0.347. The van der Waals surface area contributed by atoms with Crippen molar-refractivity contribution in [2.45, 2.75) is 12.5 Å². The highest BCUT2D eigenvalue weighted by Crippen LogP contribution is 2.18. The lowest BCUT2D eigenvalue weighted by atomic mass is 10.2. The van der Waals surface area contributed by atoms with Gasteiger partial charge in [-0.25, -0.2) is 0 Å². The van der Waals surface area contributed by atoms with Gasteiger partial charge in [0.2, 0.25) is 17.6 Å². The highest BCUT2D eigenvalue weighted by molar-refractivity contribution is 5.47. The zero-order valence-electron chi connectivity index (χ0n) is 9.91. The minimum Gasteiger partial charge on any atom is -0.480 e. The molecular weight excluding hydrogens is 234 g/mol. The Labute approximate surface area is 104 Å². The van der Waals surface area contributed by atoms with Gasteiger partial charge < -0.3 is 15.0 Å². The molecule has 0 aliphatic rings. The number of hydrogen-bond donors (Lipinski definition) is 1. The standard InChI is InChI=1S/C11H13N5O2/c1-3-4-7(12)11-13-10(16-18-11)8-5-6-9(17-2)15-14-8/h3,5-7H,1,4,12H2,2H3. The molecule has 2 heterocycles. The van der Waals surface area contributed by atoms with E-state index in [0.717, 1.165) is 0 Å². The minimum atomic E-state index is -0.352. The van der Waals surface area contributed by atoms with Gasteiger partial charge in [-0.05, 0) is 12.5 Å². The largest absolute Gasteiger partial charge is 0.480 e. The second-order valence-corrected chi connectivity index (χ2v) is 3.55. The molecule has 0 saturated carbocycles. The van der Waals surface area contributed by atoms with Gasteiger partial charge in [-0.3, -0.25) is 0 Å². The highest BCUT2D eigenvalue weighted by Gasteiger charge is 2.15. The lowest BCUT2D eigenvalue weighted by molar-refractivity contribution is 0.355. The molecule has 0 aromatic carbocycles. The SMILES string of the molecule is C=CCC(N)c1nc(-c2ccc(OC)nn2)no1. The summed E-state index contributed by atoms with van der Waals surface area (Å²) in [6.07, 6.45) is 2.26. The van der Waals surface area contributed by atoms with Crippen molar-refractivity contribution in [1.82, 2.24) is 20.3 Å². The van der Waals surface area contributed by atoms with E-state index in [4.69, 9.17) is 15.0 Å². The van der Waals surface area contributed by atoms with Crippen LogP contribution < -0.4 is 10.5 Å². The number of nitrogens with zero attached hydrogens (tertiary/aromatic N) is 4. The third kappa shape index (κ3) is 2.51. The van der Waals surface area contributed by atoms with Crippen molar-refractivity contribution >= 4 is 0 Å². The quantitative estimate of drug-likeness (QED) is 0.790. The van der Waals surface area contributed by atoms with Gasteiger partial charge in [-0.15, -0.1) is 16.8 Å². The van der Waals surface area contributed by atoms with Gasteiger partial charge in [0.15, 0.2) is 0 Å². The predicted molar refractivity (Wildman–Crippen MR) is 63.6 cm³/mol. The van der Waals surface area contributed by atoms with Crippen molar-refractivity contribution in [3.05, 3.63) is 30.7 Å². The molecule has 0 aliphatic heterocycles. The van der Waals surface area contributed by atoms with Gasteiger partial charge in [0.25, 0.3) is 0 Å². The van der Waals surface area contributed by atoms with Gasteiger partial charge in [0, 0.05) is 6.07 Å². The molecule has 1 atom stereocenters. The monoisotopic (exact) mass is 247 g/mol. The van der Waals surface area contributed by atoms with Crippen LogP contribution in [0.4, 0.5) is 0 Å². The molecule has 18 heavy (non-hydrogen) atoms. The summed E-state index contributed by atoms with van der Waals surface area (Å²) in [4.78, 5) is 4.16. The lowest BCUT2D eigenvalue weighted by Crippen LogP contribution is -2.09. The van der Waals surface area contributed by atoms with E-state index in [2.05, 4.69) is 26.9 Å². The molecule has 1 unspecified atom stereocenters. The van der Waals surface area contributed by atoms with Crippen LogP contribution >= 0.6 is 0 Å². The molecule has 0 spiro atoms. The number of aromatic nitrogens is 4. The summed E-state index contributed by atoms with van der Waals surface area (Å²) in [6.45, 7) is 3.60. The second-order valence-electron chi connectivity index (χ2n) is 3.55. The summed E-state index contributed by atoms with van der Waals surface area (Å²) in [5.41, 5.74) is 6.32. The van der Waals surface area contributed by atoms with Crippen LogP contribution in [-0.2, 0) is 0 Å². The fourth-order valence-electron chi connectivity index (χ4n) is 1.32. The Morgan fingerprint density at radius 2 is 2.33 bits per heavy atom. The van der Waals surface area contributed by atoms with Crippen molar-refractivity contribution in [2.24, 2.45) is 5.73 Å². The summed E-state index contributed by atoms with van der Waals surface area (Å²) >= 11 is 0. The Hall–Kier alpha value is -2.28. The number of ether oxygens (including phenoxy) is 1. The first-order valence-electron chi connectivity index (χ1n) is 5.32. The van der Waals surface area contributed by atoms with Crippen LogP contribution in [0.2, 0.25) is 0 Å². The average molecular weight is 247 g/mol. The zero-order valence-corrected chi connectivity index (χ0v) is 9.91. The van der Waals surface area contributed by atoms with E-state index in [1.54, 1.807) is 18.2 Å². The third-order valence-electron chi connectivity index (χ3n) is 2.26. The van der Waals surface area contributed by atoms with Crippen LogP contribution in [0, 0.1) is 0 Å². The molecule has 7 nitrogen and oxygen atoms in total. The molecular formula is C11H13N5O2. The van der Waals surface area contributed by atoms with Crippen LogP contribution in [0.25, 0.3) is 11.5 Å². The predicted octanol–water partition coefficient (Wildman–Crippen LogP) is 1.11. The molecule has 0 saturated heterocycles. The van der Waals surface area contributed by atoms with Crippen LogP contribution in [0.1, 0.15) is 18.4 Å². The molecule has 0 aliphatic carbocycles. The van der Waals surface area contributed by atoms with E-state index in [0.29, 0.717) is 29.7 Å². The molecule has 2 N–H and O–H groups in total. The summed E-state index contributed by atoms with van der Waals surface area (Å²) in [5.74, 6) is 1.12. The normalized spacial score (nSPS) is 12.1. The second kappa shape index (κ2) is 5.37. The van der Waals surface area contributed by atoms with Gasteiger partial charge in [0.05, 0.1) is 13.2 Å². The number of methoxy groups -OCH3 is 1. The highest BCUT2D eigenvalue weighted by atomic mass is 16.5. The molecule has 0 radical (unpaired) electrons. The Bertz CT molecular complexity index is 522. The first-order chi connectivity index (χ1) is 8.74. The van der Waals surface area contributed by atoms with Gasteiger partial charge >= 0.3 is 0 Å². The summed E-state index contributed by atoms with van der Waals surface area (Å²) in [7, 11) is 1.52. The Balaban J connectivity index is 2.20. The average Bonchev–Trinajstić information content (AvgIpc) is 2.89. The molecule has 0 bridgehead atoms. The maximum atomic E-state index is 5.82. The summed E-state index contributed by atoms with van der Waals surface area (Å²) in [5, 5.41) is 11.5. The Morgan fingerprint density at radius 1 is 1.50 bits per heavy atom. The van der Waals surface area contributed by atoms with Gasteiger partial charge in [-0.2, -0.15) is 4.98 Å². The number of hydrogen-bond acceptors (Lipinski definition) is 7. The van der Waals surface area contributed by atoms with Crippen molar-refractivity contribution < 1.29 is 9.26 Å². The molecule has 0 fully saturated rings. The fourth-order valence-corrected chi connectivity index (χ4v) is 1.32. The maximum absolute atomic E-state index is 5.82. The molecule has 0 amide bonds. The van der Waals surface area contributed by atoms with Crippen molar-refractivity contribution in [3.8, 4) is 17.4 Å². The Morgan fingerprint density at radius 3 is 2.94 bits per heavy atom. The topological polar surface area (TPSA) is 100.0 Å². The Kier molecular flexibility index (Phi) is 3.63. The molecule has 7 heteroatoms. The number of nitrogens with two attached hydrogens (primary N) is 1. The third-order valence-corrected chi connectivity index (χ3v) is 2.26. The van der Waals surface area contributed by atoms with E-state index in [-0.39, 0.29) is 6.04 Å². The van der Waals surface area contributed by atoms with Crippen LogP contribution in [0.15, 0.2) is 29.3 Å². The fraction of sp³-hybridized carbons (Fsp3) is 0.273. The van der Waals surface area contributed by atoms with E-state index < -0.39 is 0 Å². The first-order valence-corrected chi connectivity index (χ1v) is 5.32. The van der Waals surface area contributed by atoms with Crippen molar-refractivity contribution in [3.63, 3.8) is 0 Å². The smallest absolute Gasteiger partial charge is 0.244 e. The molecule has 2 rings (SSSR count). The van der Waals surface area contributed by atoms with E-state index >= 15 is 0 Å². The van der Waals surface area contributed by atoms with E-state index in [9.17, 15) is 0 Å². The number of rotatable bonds is 5. The summed E-state index contributed by atoms with van der Waals surface area (Å²) in [6, 6.07) is 3.01. The van der Waals surface area contributed by atoms with E-state index in [1.807, 2.05) is 0 Å². The van der Waals surface area contributed by atoms with Crippen LogP contribution in [-0.4, -0.2) is 27.4 Å². The molecule has 94 valence electrons. The van der Waals surface area contributed by atoms with Crippen molar-refractivity contribution in [2.75, 3.05) is 7.11 Å².